The predicted molar refractivity (Wildman–Crippen MR) is 105 cm³/mol. The van der Waals surface area contributed by atoms with Crippen LogP contribution >= 0.6 is 0 Å². The molecular formula is C20H34O12. The molecule has 0 aromatic heterocycles. The van der Waals surface area contributed by atoms with Crippen LogP contribution in [0, 0.1) is 5.92 Å². The van der Waals surface area contributed by atoms with E-state index in [0.717, 1.165) is 0 Å². The van der Waals surface area contributed by atoms with Crippen molar-refractivity contribution < 1.29 is 59.4 Å². The molecule has 12 nitrogen and oxygen atoms in total. The maximum atomic E-state index is 10.7. The van der Waals surface area contributed by atoms with Crippen LogP contribution in [0.15, 0.2) is 12.2 Å². The van der Waals surface area contributed by atoms with Gasteiger partial charge in [-0.1, -0.05) is 19.9 Å². The molecule has 2 fully saturated rings. The van der Waals surface area contributed by atoms with Gasteiger partial charge in [-0.05, 0) is 18.9 Å². The summed E-state index contributed by atoms with van der Waals surface area (Å²) in [6.45, 7) is 4.25. The van der Waals surface area contributed by atoms with Gasteiger partial charge in [-0.25, -0.2) is 0 Å². The Morgan fingerprint density at radius 1 is 0.844 bits per heavy atom. The van der Waals surface area contributed by atoms with Gasteiger partial charge in [0.15, 0.2) is 18.4 Å². The normalized spacial score (nSPS) is 49.7. The fraction of sp³-hybridized carbons (Fsp3) is 0.900. The van der Waals surface area contributed by atoms with Crippen molar-refractivity contribution >= 4 is 0 Å². The van der Waals surface area contributed by atoms with E-state index in [1.165, 1.54) is 0 Å². The molecule has 186 valence electrons. The minimum absolute atomic E-state index is 0.181. The topological polar surface area (TPSA) is 188 Å². The van der Waals surface area contributed by atoms with Crippen molar-refractivity contribution in [1.29, 1.82) is 0 Å². The van der Waals surface area contributed by atoms with Crippen LogP contribution in [0.1, 0.15) is 20.8 Å². The molecule has 12 heteroatoms. The molecule has 12 unspecified atom stereocenters. The SMILES string of the molecule is CC(C)C1C=CC(C)(OC2OC(CO)C(OC3OC(CO)C(O)C(O)C3O)C(O)C2O)O1. The van der Waals surface area contributed by atoms with Gasteiger partial charge >= 0.3 is 0 Å². The van der Waals surface area contributed by atoms with Gasteiger partial charge < -0.3 is 59.4 Å². The van der Waals surface area contributed by atoms with E-state index < -0.39 is 80.4 Å². The second-order valence-corrected chi connectivity index (χ2v) is 8.82. The zero-order chi connectivity index (χ0) is 23.8. The Hall–Kier alpha value is -0.740. The van der Waals surface area contributed by atoms with Crippen LogP contribution < -0.4 is 0 Å². The molecule has 3 rings (SSSR count). The highest BCUT2D eigenvalue weighted by Gasteiger charge is 2.52. The Kier molecular flexibility index (Phi) is 8.29. The minimum atomic E-state index is -1.73. The predicted octanol–water partition coefficient (Wildman–Crippen LogP) is -3.05. The van der Waals surface area contributed by atoms with Gasteiger partial charge in [0.25, 0.3) is 0 Å². The smallest absolute Gasteiger partial charge is 0.190 e. The molecule has 0 radical (unpaired) electrons. The van der Waals surface area contributed by atoms with Crippen LogP contribution in [0.5, 0.6) is 0 Å². The Bertz CT molecular complexity index is 642. The van der Waals surface area contributed by atoms with E-state index in [0.29, 0.717) is 0 Å². The van der Waals surface area contributed by atoms with Crippen LogP contribution in [-0.2, 0) is 23.7 Å². The first-order chi connectivity index (χ1) is 15.0. The summed E-state index contributed by atoms with van der Waals surface area (Å²) in [5, 5.41) is 70.3. The number of hydrogen-bond acceptors (Lipinski definition) is 12. The molecule has 0 saturated carbocycles. The molecule has 0 spiro atoms. The maximum absolute atomic E-state index is 10.7. The fourth-order valence-electron chi connectivity index (χ4n) is 3.93. The quantitative estimate of drug-likeness (QED) is 0.188. The summed E-state index contributed by atoms with van der Waals surface area (Å²) in [6.07, 6.45) is -11.8. The summed E-state index contributed by atoms with van der Waals surface area (Å²) in [4.78, 5) is 0. The van der Waals surface area contributed by atoms with E-state index in [1.807, 2.05) is 19.9 Å². The van der Waals surface area contributed by atoms with Crippen LogP contribution in [0.25, 0.3) is 0 Å². The maximum Gasteiger partial charge on any atom is 0.190 e. The number of aliphatic hydroxyl groups is 7. The van der Waals surface area contributed by atoms with Crippen molar-refractivity contribution in [3.05, 3.63) is 12.2 Å². The lowest BCUT2D eigenvalue weighted by molar-refractivity contribution is -0.381. The van der Waals surface area contributed by atoms with Crippen molar-refractivity contribution in [2.75, 3.05) is 13.2 Å². The van der Waals surface area contributed by atoms with Crippen molar-refractivity contribution in [2.45, 2.75) is 94.1 Å². The number of aliphatic hydroxyl groups excluding tert-OH is 7. The third kappa shape index (κ3) is 5.17. The molecule has 3 heterocycles. The van der Waals surface area contributed by atoms with Gasteiger partial charge in [0, 0.05) is 0 Å². The Balaban J connectivity index is 1.68. The Morgan fingerprint density at radius 3 is 2.00 bits per heavy atom. The standard InChI is InChI=1S/C20H34O12/c1-8(2)9-4-5-20(3,31-9)32-19-16(27)14(25)17(11(7-22)29-19)30-18-15(26)13(24)12(23)10(6-21)28-18/h4-5,8-19,21-27H,6-7H2,1-3H3. The Morgan fingerprint density at radius 2 is 1.44 bits per heavy atom. The van der Waals surface area contributed by atoms with Gasteiger partial charge in [0.05, 0.1) is 19.3 Å². The largest absolute Gasteiger partial charge is 0.394 e. The molecule has 32 heavy (non-hydrogen) atoms. The highest BCUT2D eigenvalue weighted by molar-refractivity contribution is 5.07. The molecule has 0 aromatic carbocycles. The van der Waals surface area contributed by atoms with E-state index in [1.54, 1.807) is 13.0 Å². The lowest BCUT2D eigenvalue weighted by atomic mass is 9.97. The molecule has 0 amide bonds. The lowest BCUT2D eigenvalue weighted by Gasteiger charge is -2.46. The average molecular weight is 466 g/mol. The second kappa shape index (κ2) is 10.3. The van der Waals surface area contributed by atoms with E-state index in [9.17, 15) is 35.7 Å². The molecule has 0 bridgehead atoms. The van der Waals surface area contributed by atoms with Gasteiger partial charge in [-0.15, -0.1) is 0 Å². The van der Waals surface area contributed by atoms with Crippen LogP contribution in [-0.4, -0.2) is 122 Å². The first kappa shape index (κ1) is 25.9. The monoisotopic (exact) mass is 466 g/mol. The van der Waals surface area contributed by atoms with Gasteiger partial charge in [-0.2, -0.15) is 0 Å². The van der Waals surface area contributed by atoms with Crippen molar-refractivity contribution in [1.82, 2.24) is 0 Å². The summed E-state index contributed by atoms with van der Waals surface area (Å²) in [5.41, 5.74) is 0. The van der Waals surface area contributed by atoms with Gasteiger partial charge in [0.2, 0.25) is 0 Å². The zero-order valence-corrected chi connectivity index (χ0v) is 18.2. The molecule has 7 N–H and O–H groups in total. The summed E-state index contributed by atoms with van der Waals surface area (Å²) >= 11 is 0. The highest BCUT2D eigenvalue weighted by Crippen LogP contribution is 2.34. The molecule has 2 saturated heterocycles. The van der Waals surface area contributed by atoms with E-state index in [2.05, 4.69) is 0 Å². The first-order valence-corrected chi connectivity index (χ1v) is 10.6. The second-order valence-electron chi connectivity index (χ2n) is 8.82. The van der Waals surface area contributed by atoms with E-state index in [4.69, 9.17) is 23.7 Å². The summed E-state index contributed by atoms with van der Waals surface area (Å²) in [6, 6.07) is 0. The van der Waals surface area contributed by atoms with E-state index >= 15 is 0 Å². The summed E-state index contributed by atoms with van der Waals surface area (Å²) in [5.74, 6) is -1.05. The summed E-state index contributed by atoms with van der Waals surface area (Å²) in [7, 11) is 0. The zero-order valence-electron chi connectivity index (χ0n) is 18.2. The van der Waals surface area contributed by atoms with Crippen LogP contribution in [0.2, 0.25) is 0 Å². The van der Waals surface area contributed by atoms with E-state index in [-0.39, 0.29) is 12.0 Å². The molecule has 0 aromatic rings. The minimum Gasteiger partial charge on any atom is -0.394 e. The van der Waals surface area contributed by atoms with Crippen molar-refractivity contribution in [3.8, 4) is 0 Å². The molecule has 12 atom stereocenters. The average Bonchev–Trinajstić information content (AvgIpc) is 3.15. The highest BCUT2D eigenvalue weighted by atomic mass is 16.8. The van der Waals surface area contributed by atoms with Gasteiger partial charge in [0.1, 0.15) is 48.8 Å². The number of hydrogen-bond donors (Lipinski definition) is 7. The molecule has 3 aliphatic rings. The number of ether oxygens (including phenoxy) is 5. The first-order valence-electron chi connectivity index (χ1n) is 10.6. The lowest BCUT2D eigenvalue weighted by Crippen LogP contribution is -2.65. The van der Waals surface area contributed by atoms with Crippen LogP contribution in [0.4, 0.5) is 0 Å². The van der Waals surface area contributed by atoms with Crippen molar-refractivity contribution in [2.24, 2.45) is 5.92 Å². The molecular weight excluding hydrogens is 432 g/mol. The third-order valence-electron chi connectivity index (χ3n) is 5.93. The molecule has 3 aliphatic heterocycles. The Labute approximate surface area is 185 Å². The third-order valence-corrected chi connectivity index (χ3v) is 5.93. The number of rotatable bonds is 7. The van der Waals surface area contributed by atoms with Gasteiger partial charge in [-0.3, -0.25) is 0 Å². The molecule has 0 aliphatic carbocycles. The fourth-order valence-corrected chi connectivity index (χ4v) is 3.93. The van der Waals surface area contributed by atoms with Crippen LogP contribution in [0.3, 0.4) is 0 Å². The summed E-state index contributed by atoms with van der Waals surface area (Å²) < 4.78 is 28.0. The van der Waals surface area contributed by atoms with Crippen molar-refractivity contribution in [3.63, 3.8) is 0 Å².